The van der Waals surface area contributed by atoms with Gasteiger partial charge in [-0.1, -0.05) is 11.6 Å². The van der Waals surface area contributed by atoms with Gasteiger partial charge in [-0.3, -0.25) is 11.3 Å². The highest BCUT2D eigenvalue weighted by Crippen LogP contribution is 2.31. The molecule has 0 aromatic heterocycles. The van der Waals surface area contributed by atoms with Crippen molar-refractivity contribution >= 4 is 11.6 Å². The molecule has 0 aliphatic carbocycles. The smallest absolute Gasteiger partial charge is 0.128 e. The molecule has 1 aliphatic rings. The molecule has 2 rings (SSSR count). The number of hydrazine groups is 1. The Morgan fingerprint density at radius 2 is 2.35 bits per heavy atom. The fourth-order valence-corrected chi connectivity index (χ4v) is 2.44. The quantitative estimate of drug-likeness (QED) is 0.647. The lowest BCUT2D eigenvalue weighted by atomic mass is 9.89. The highest BCUT2D eigenvalue weighted by Gasteiger charge is 2.26. The average Bonchev–Trinajstić information content (AvgIpc) is 2.36. The van der Waals surface area contributed by atoms with Gasteiger partial charge in [-0.25, -0.2) is 4.39 Å². The second kappa shape index (κ2) is 5.78. The van der Waals surface area contributed by atoms with Crippen LogP contribution in [0.15, 0.2) is 18.2 Å². The maximum Gasteiger partial charge on any atom is 0.128 e. The SMILES string of the molecule is NNC(c1cc(Cl)ccc1F)C1CCCOC1. The van der Waals surface area contributed by atoms with Crippen molar-refractivity contribution in [3.63, 3.8) is 0 Å². The normalized spacial score (nSPS) is 22.4. The Labute approximate surface area is 105 Å². The van der Waals surface area contributed by atoms with Crippen LogP contribution in [0.3, 0.4) is 0 Å². The summed E-state index contributed by atoms with van der Waals surface area (Å²) in [5, 5.41) is 0.512. The molecular weight excluding hydrogens is 243 g/mol. The molecule has 0 spiro atoms. The summed E-state index contributed by atoms with van der Waals surface area (Å²) in [6, 6.07) is 4.27. The van der Waals surface area contributed by atoms with E-state index >= 15 is 0 Å². The van der Waals surface area contributed by atoms with Crippen molar-refractivity contribution in [2.45, 2.75) is 18.9 Å². The Bertz CT molecular complexity index is 383. The molecule has 2 unspecified atom stereocenters. The monoisotopic (exact) mass is 258 g/mol. The van der Waals surface area contributed by atoms with Gasteiger partial charge in [0, 0.05) is 23.1 Å². The molecule has 1 aromatic rings. The van der Waals surface area contributed by atoms with Crippen LogP contribution in [0.4, 0.5) is 4.39 Å². The van der Waals surface area contributed by atoms with E-state index in [1.165, 1.54) is 12.1 Å². The van der Waals surface area contributed by atoms with Crippen LogP contribution in [0, 0.1) is 11.7 Å². The summed E-state index contributed by atoms with van der Waals surface area (Å²) >= 11 is 5.89. The van der Waals surface area contributed by atoms with Crippen LogP contribution in [-0.4, -0.2) is 13.2 Å². The largest absolute Gasteiger partial charge is 0.381 e. The van der Waals surface area contributed by atoms with Gasteiger partial charge in [0.05, 0.1) is 12.6 Å². The Hall–Kier alpha value is -0.680. The second-order valence-electron chi connectivity index (χ2n) is 4.29. The van der Waals surface area contributed by atoms with E-state index in [0.717, 1.165) is 19.4 Å². The van der Waals surface area contributed by atoms with E-state index in [-0.39, 0.29) is 17.8 Å². The number of rotatable bonds is 3. The van der Waals surface area contributed by atoms with E-state index in [1.807, 2.05) is 0 Å². The third kappa shape index (κ3) is 2.96. The first-order valence-electron chi connectivity index (χ1n) is 5.71. The van der Waals surface area contributed by atoms with Gasteiger partial charge in [0.15, 0.2) is 0 Å². The number of nitrogens with one attached hydrogen (secondary N) is 1. The number of halogens is 2. The van der Waals surface area contributed by atoms with Crippen LogP contribution in [0.25, 0.3) is 0 Å². The maximum atomic E-state index is 13.8. The Morgan fingerprint density at radius 1 is 1.53 bits per heavy atom. The highest BCUT2D eigenvalue weighted by molar-refractivity contribution is 6.30. The second-order valence-corrected chi connectivity index (χ2v) is 4.72. The van der Waals surface area contributed by atoms with Crippen LogP contribution in [0.1, 0.15) is 24.4 Å². The average molecular weight is 259 g/mol. The maximum absolute atomic E-state index is 13.8. The van der Waals surface area contributed by atoms with Crippen LogP contribution < -0.4 is 11.3 Å². The van der Waals surface area contributed by atoms with Gasteiger partial charge in [-0.05, 0) is 31.0 Å². The number of hydrogen-bond donors (Lipinski definition) is 2. The van der Waals surface area contributed by atoms with Crippen LogP contribution in [0.2, 0.25) is 5.02 Å². The van der Waals surface area contributed by atoms with Crippen molar-refractivity contribution in [1.82, 2.24) is 5.43 Å². The molecule has 5 heteroatoms. The first-order valence-corrected chi connectivity index (χ1v) is 6.09. The van der Waals surface area contributed by atoms with E-state index < -0.39 is 0 Å². The molecular formula is C12H16ClFN2O. The predicted octanol–water partition coefficient (Wildman–Crippen LogP) is 2.41. The van der Waals surface area contributed by atoms with Gasteiger partial charge in [0.25, 0.3) is 0 Å². The van der Waals surface area contributed by atoms with Gasteiger partial charge >= 0.3 is 0 Å². The summed E-state index contributed by atoms with van der Waals surface area (Å²) < 4.78 is 19.2. The molecule has 0 saturated carbocycles. The van der Waals surface area contributed by atoms with Crippen molar-refractivity contribution in [3.05, 3.63) is 34.6 Å². The molecule has 1 fully saturated rings. The predicted molar refractivity (Wildman–Crippen MR) is 65.0 cm³/mol. The highest BCUT2D eigenvalue weighted by atomic mass is 35.5. The molecule has 3 nitrogen and oxygen atoms in total. The zero-order valence-corrected chi connectivity index (χ0v) is 10.2. The fourth-order valence-electron chi connectivity index (χ4n) is 2.26. The minimum absolute atomic E-state index is 0.182. The number of benzene rings is 1. The van der Waals surface area contributed by atoms with Gasteiger partial charge in [-0.15, -0.1) is 0 Å². The summed E-state index contributed by atoms with van der Waals surface area (Å²) in [4.78, 5) is 0. The number of ether oxygens (including phenoxy) is 1. The summed E-state index contributed by atoms with van der Waals surface area (Å²) in [7, 11) is 0. The molecule has 1 heterocycles. The summed E-state index contributed by atoms with van der Waals surface area (Å²) in [6.07, 6.45) is 1.95. The number of hydrogen-bond acceptors (Lipinski definition) is 3. The molecule has 0 amide bonds. The minimum atomic E-state index is -0.289. The first-order chi connectivity index (χ1) is 8.22. The van der Waals surface area contributed by atoms with E-state index in [2.05, 4.69) is 5.43 Å². The molecule has 1 aromatic carbocycles. The van der Waals surface area contributed by atoms with Crippen molar-refractivity contribution in [3.8, 4) is 0 Å². The molecule has 0 radical (unpaired) electrons. The van der Waals surface area contributed by atoms with Gasteiger partial charge in [0.2, 0.25) is 0 Å². The lowest BCUT2D eigenvalue weighted by Crippen LogP contribution is -2.37. The summed E-state index contributed by atoms with van der Waals surface area (Å²) in [5.74, 6) is 5.43. The zero-order chi connectivity index (χ0) is 12.3. The fraction of sp³-hybridized carbons (Fsp3) is 0.500. The van der Waals surface area contributed by atoms with E-state index in [9.17, 15) is 4.39 Å². The summed E-state index contributed by atoms with van der Waals surface area (Å²) in [5.41, 5.74) is 3.19. The Kier molecular flexibility index (Phi) is 4.34. The third-order valence-corrected chi connectivity index (χ3v) is 3.37. The Morgan fingerprint density at radius 3 is 3.00 bits per heavy atom. The van der Waals surface area contributed by atoms with Crippen molar-refractivity contribution < 1.29 is 9.13 Å². The molecule has 94 valence electrons. The minimum Gasteiger partial charge on any atom is -0.381 e. The topological polar surface area (TPSA) is 47.3 Å². The van der Waals surface area contributed by atoms with E-state index in [4.69, 9.17) is 22.2 Å². The van der Waals surface area contributed by atoms with Crippen molar-refractivity contribution in [2.75, 3.05) is 13.2 Å². The molecule has 17 heavy (non-hydrogen) atoms. The molecule has 1 aliphatic heterocycles. The van der Waals surface area contributed by atoms with Crippen LogP contribution in [0.5, 0.6) is 0 Å². The van der Waals surface area contributed by atoms with Gasteiger partial charge in [0.1, 0.15) is 5.82 Å². The molecule has 0 bridgehead atoms. The first kappa shape index (κ1) is 12.8. The van der Waals surface area contributed by atoms with E-state index in [0.29, 0.717) is 17.2 Å². The third-order valence-electron chi connectivity index (χ3n) is 3.14. The molecule has 3 N–H and O–H groups in total. The Balaban J connectivity index is 2.24. The van der Waals surface area contributed by atoms with Crippen molar-refractivity contribution in [1.29, 1.82) is 0 Å². The van der Waals surface area contributed by atoms with Gasteiger partial charge in [-0.2, -0.15) is 0 Å². The lowest BCUT2D eigenvalue weighted by molar-refractivity contribution is 0.0385. The molecule has 2 atom stereocenters. The number of nitrogens with two attached hydrogens (primary N) is 1. The zero-order valence-electron chi connectivity index (χ0n) is 9.46. The van der Waals surface area contributed by atoms with Crippen LogP contribution in [-0.2, 0) is 4.74 Å². The van der Waals surface area contributed by atoms with Crippen LogP contribution >= 0.6 is 11.6 Å². The molecule has 1 saturated heterocycles. The lowest BCUT2D eigenvalue weighted by Gasteiger charge is -2.30. The standard InChI is InChI=1S/C12H16ClFN2O/c13-9-3-4-11(14)10(6-9)12(16-15)8-2-1-5-17-7-8/h3-4,6,8,12,16H,1-2,5,7,15H2. The van der Waals surface area contributed by atoms with Crippen molar-refractivity contribution in [2.24, 2.45) is 11.8 Å². The summed E-state index contributed by atoms with van der Waals surface area (Å²) in [6.45, 7) is 1.37. The van der Waals surface area contributed by atoms with E-state index in [1.54, 1.807) is 6.07 Å². The van der Waals surface area contributed by atoms with Gasteiger partial charge < -0.3 is 4.74 Å².